The van der Waals surface area contributed by atoms with Crippen molar-refractivity contribution in [2.75, 3.05) is 13.7 Å². The molecule has 7 nitrogen and oxygen atoms in total. The largest absolute Gasteiger partial charge is 0.458 e. The highest BCUT2D eigenvalue weighted by Crippen LogP contribution is 2.18. The number of fused-ring (bicyclic) bond motifs is 1. The average Bonchev–Trinajstić information content (AvgIpc) is 3.20. The van der Waals surface area contributed by atoms with Crippen LogP contribution in [0.2, 0.25) is 0 Å². The van der Waals surface area contributed by atoms with E-state index in [4.69, 9.17) is 9.47 Å². The normalized spacial score (nSPS) is 12.0. The van der Waals surface area contributed by atoms with Crippen molar-refractivity contribution in [1.29, 1.82) is 0 Å². The van der Waals surface area contributed by atoms with E-state index in [1.165, 1.54) is 16.6 Å². The van der Waals surface area contributed by atoms with Crippen LogP contribution in [-0.2, 0) is 9.47 Å². The lowest BCUT2D eigenvalue weighted by Gasteiger charge is -2.15. The van der Waals surface area contributed by atoms with Gasteiger partial charge in [0.1, 0.15) is 18.4 Å². The molecule has 0 bridgehead atoms. The van der Waals surface area contributed by atoms with E-state index >= 15 is 0 Å². The number of benzene rings is 2. The van der Waals surface area contributed by atoms with Crippen LogP contribution >= 0.6 is 0 Å². The maximum absolute atomic E-state index is 12.5. The first-order valence-corrected chi connectivity index (χ1v) is 9.09. The smallest absolute Gasteiger partial charge is 0.356 e. The SMILES string of the molecule is COC(COC(=O)c1cc2nc(-c3ccccc3)cc(=O)n2[nH]1)c1ccccc1. The number of nitrogens with zero attached hydrogens (tertiary/aromatic N) is 2. The Morgan fingerprint density at radius 1 is 1.07 bits per heavy atom. The van der Waals surface area contributed by atoms with Gasteiger partial charge in [-0.15, -0.1) is 0 Å². The van der Waals surface area contributed by atoms with E-state index in [0.717, 1.165) is 11.1 Å². The maximum Gasteiger partial charge on any atom is 0.356 e. The van der Waals surface area contributed by atoms with E-state index in [0.29, 0.717) is 11.3 Å². The summed E-state index contributed by atoms with van der Waals surface area (Å²) in [5, 5.41) is 2.75. The Kier molecular flexibility index (Phi) is 5.22. The second-order valence-electron chi connectivity index (χ2n) is 6.44. The Balaban J connectivity index is 1.55. The lowest BCUT2D eigenvalue weighted by atomic mass is 10.1. The molecule has 4 rings (SSSR count). The van der Waals surface area contributed by atoms with Gasteiger partial charge in [-0.1, -0.05) is 60.7 Å². The molecule has 0 saturated heterocycles. The Hall–Kier alpha value is -3.71. The Labute approximate surface area is 166 Å². The molecule has 0 saturated carbocycles. The number of methoxy groups -OCH3 is 1. The van der Waals surface area contributed by atoms with Gasteiger partial charge in [0, 0.05) is 24.8 Å². The monoisotopic (exact) mass is 389 g/mol. The zero-order valence-electron chi connectivity index (χ0n) is 15.7. The summed E-state index contributed by atoms with van der Waals surface area (Å²) in [5.41, 5.74) is 2.44. The number of H-pyrrole nitrogens is 1. The lowest BCUT2D eigenvalue weighted by molar-refractivity contribution is 0.00959. The first-order valence-electron chi connectivity index (χ1n) is 9.09. The highest BCUT2D eigenvalue weighted by Gasteiger charge is 2.17. The third-order valence-corrected chi connectivity index (χ3v) is 4.56. The van der Waals surface area contributed by atoms with Crippen LogP contribution in [0.5, 0.6) is 0 Å². The van der Waals surface area contributed by atoms with Crippen LogP contribution in [-0.4, -0.2) is 34.3 Å². The van der Waals surface area contributed by atoms with Gasteiger partial charge in [0.15, 0.2) is 5.65 Å². The molecule has 0 aliphatic heterocycles. The van der Waals surface area contributed by atoms with Gasteiger partial charge >= 0.3 is 5.97 Å². The molecular formula is C22H19N3O4. The van der Waals surface area contributed by atoms with Gasteiger partial charge in [-0.05, 0) is 5.56 Å². The van der Waals surface area contributed by atoms with Gasteiger partial charge in [0.2, 0.25) is 0 Å². The molecule has 2 aromatic carbocycles. The first kappa shape index (κ1) is 18.6. The van der Waals surface area contributed by atoms with E-state index < -0.39 is 5.97 Å². The summed E-state index contributed by atoms with van der Waals surface area (Å²) in [5.74, 6) is -0.589. The number of aromatic amines is 1. The Morgan fingerprint density at radius 3 is 2.45 bits per heavy atom. The number of carbonyl (C=O) groups excluding carboxylic acids is 1. The fraction of sp³-hybridized carbons (Fsp3) is 0.136. The van der Waals surface area contributed by atoms with Crippen LogP contribution in [0.4, 0.5) is 0 Å². The fourth-order valence-electron chi connectivity index (χ4n) is 3.05. The second kappa shape index (κ2) is 8.12. The molecular weight excluding hydrogens is 370 g/mol. The molecule has 2 aromatic heterocycles. The lowest BCUT2D eigenvalue weighted by Crippen LogP contribution is -2.17. The highest BCUT2D eigenvalue weighted by molar-refractivity contribution is 5.88. The predicted molar refractivity (Wildman–Crippen MR) is 108 cm³/mol. The van der Waals surface area contributed by atoms with Crippen molar-refractivity contribution in [2.45, 2.75) is 6.10 Å². The van der Waals surface area contributed by atoms with Crippen LogP contribution in [0, 0.1) is 0 Å². The fourth-order valence-corrected chi connectivity index (χ4v) is 3.05. The number of hydrogen-bond donors (Lipinski definition) is 1. The Morgan fingerprint density at radius 2 is 1.76 bits per heavy atom. The van der Waals surface area contributed by atoms with E-state index in [9.17, 15) is 9.59 Å². The van der Waals surface area contributed by atoms with Crippen molar-refractivity contribution in [3.63, 3.8) is 0 Å². The zero-order valence-corrected chi connectivity index (χ0v) is 15.7. The van der Waals surface area contributed by atoms with Crippen molar-refractivity contribution < 1.29 is 14.3 Å². The van der Waals surface area contributed by atoms with Crippen LogP contribution in [0.3, 0.4) is 0 Å². The number of aromatic nitrogens is 3. The molecule has 4 aromatic rings. The number of hydrogen-bond acceptors (Lipinski definition) is 5. The maximum atomic E-state index is 12.5. The third-order valence-electron chi connectivity index (χ3n) is 4.56. The van der Waals surface area contributed by atoms with Crippen molar-refractivity contribution in [1.82, 2.24) is 14.6 Å². The van der Waals surface area contributed by atoms with Gasteiger partial charge in [0.25, 0.3) is 5.56 Å². The van der Waals surface area contributed by atoms with E-state index in [1.807, 2.05) is 60.7 Å². The minimum Gasteiger partial charge on any atom is -0.458 e. The summed E-state index contributed by atoms with van der Waals surface area (Å²) in [6.45, 7) is 0.0479. The molecule has 29 heavy (non-hydrogen) atoms. The molecule has 0 amide bonds. The second-order valence-corrected chi connectivity index (χ2v) is 6.44. The Bertz CT molecular complexity index is 1180. The molecule has 0 spiro atoms. The third kappa shape index (κ3) is 3.95. The summed E-state index contributed by atoms with van der Waals surface area (Å²) >= 11 is 0. The van der Waals surface area contributed by atoms with Crippen molar-refractivity contribution in [2.24, 2.45) is 0 Å². The van der Waals surface area contributed by atoms with Crippen LogP contribution in [0.15, 0.2) is 77.6 Å². The van der Waals surface area contributed by atoms with Gasteiger partial charge in [-0.25, -0.2) is 14.3 Å². The molecule has 7 heteroatoms. The molecule has 1 N–H and O–H groups in total. The van der Waals surface area contributed by atoms with Crippen LogP contribution in [0.25, 0.3) is 16.9 Å². The standard InChI is InChI=1S/C22H19N3O4/c1-28-19(16-10-6-3-7-11-16)14-29-22(27)18-12-20-23-17(13-21(26)25(20)24-18)15-8-4-2-5-9-15/h2-13,19,24H,14H2,1H3. The zero-order chi connectivity index (χ0) is 20.2. The first-order chi connectivity index (χ1) is 14.2. The highest BCUT2D eigenvalue weighted by atomic mass is 16.6. The average molecular weight is 389 g/mol. The number of esters is 1. The molecule has 0 aliphatic carbocycles. The minimum absolute atomic E-state index is 0.0479. The number of ether oxygens (including phenoxy) is 2. The van der Waals surface area contributed by atoms with E-state index in [1.54, 1.807) is 7.11 Å². The summed E-state index contributed by atoms with van der Waals surface area (Å²) in [6, 6.07) is 21.8. The molecule has 0 fully saturated rings. The molecule has 0 radical (unpaired) electrons. The number of carbonyl (C=O) groups is 1. The molecule has 0 aliphatic rings. The van der Waals surface area contributed by atoms with Crippen LogP contribution < -0.4 is 5.56 Å². The van der Waals surface area contributed by atoms with Crippen molar-refractivity contribution in [3.05, 3.63) is 94.4 Å². The summed E-state index contributed by atoms with van der Waals surface area (Å²) in [6.07, 6.45) is -0.380. The number of rotatable bonds is 6. The molecule has 1 unspecified atom stereocenters. The van der Waals surface area contributed by atoms with Gasteiger partial charge < -0.3 is 9.47 Å². The quantitative estimate of drug-likeness (QED) is 0.512. The topological polar surface area (TPSA) is 85.7 Å². The van der Waals surface area contributed by atoms with Crippen molar-refractivity contribution >= 4 is 11.6 Å². The predicted octanol–water partition coefficient (Wildman–Crippen LogP) is 3.23. The van der Waals surface area contributed by atoms with Crippen molar-refractivity contribution in [3.8, 4) is 11.3 Å². The number of nitrogens with one attached hydrogen (secondary N) is 1. The van der Waals surface area contributed by atoms with E-state index in [-0.39, 0.29) is 24.0 Å². The molecule has 146 valence electrons. The summed E-state index contributed by atoms with van der Waals surface area (Å²) < 4.78 is 12.0. The summed E-state index contributed by atoms with van der Waals surface area (Å²) in [7, 11) is 1.56. The van der Waals surface area contributed by atoms with Gasteiger partial charge in [-0.2, -0.15) is 0 Å². The minimum atomic E-state index is -0.589. The van der Waals surface area contributed by atoms with Crippen LogP contribution in [0.1, 0.15) is 22.2 Å². The van der Waals surface area contributed by atoms with Gasteiger partial charge in [-0.3, -0.25) is 9.89 Å². The summed E-state index contributed by atoms with van der Waals surface area (Å²) in [4.78, 5) is 29.4. The molecule has 1 atom stereocenters. The molecule has 2 heterocycles. The van der Waals surface area contributed by atoms with E-state index in [2.05, 4.69) is 10.1 Å². The van der Waals surface area contributed by atoms with Gasteiger partial charge in [0.05, 0.1) is 5.69 Å².